The summed E-state index contributed by atoms with van der Waals surface area (Å²) in [5, 5.41) is 7.67. The van der Waals surface area contributed by atoms with Crippen LogP contribution in [0.5, 0.6) is 0 Å². The Kier molecular flexibility index (Phi) is 4.92. The van der Waals surface area contributed by atoms with Crippen LogP contribution in [0.2, 0.25) is 0 Å². The number of rotatable bonds is 6. The molecule has 1 heterocycles. The summed E-state index contributed by atoms with van der Waals surface area (Å²) in [6.45, 7) is 1.60. The maximum Gasteiger partial charge on any atom is 0.266 e. The number of anilines is 1. The van der Waals surface area contributed by atoms with Gasteiger partial charge in [-0.25, -0.2) is 26.7 Å². The SMILES string of the molecule is Cc1cc(S(N)(=O)=O)sc1C(=O)Nc1cccc(S(=O)(=O)NC2CC2)c1. The van der Waals surface area contributed by atoms with Gasteiger partial charge in [0.2, 0.25) is 20.0 Å². The lowest BCUT2D eigenvalue weighted by atomic mass is 10.2. The molecule has 0 radical (unpaired) electrons. The van der Waals surface area contributed by atoms with Gasteiger partial charge < -0.3 is 5.32 Å². The molecule has 0 spiro atoms. The Labute approximate surface area is 155 Å². The third kappa shape index (κ3) is 4.30. The Bertz CT molecular complexity index is 1070. The minimum atomic E-state index is -3.89. The van der Waals surface area contributed by atoms with Crippen LogP contribution in [0.15, 0.2) is 39.4 Å². The predicted molar refractivity (Wildman–Crippen MR) is 98.2 cm³/mol. The Morgan fingerprint density at radius 3 is 2.46 bits per heavy atom. The van der Waals surface area contributed by atoms with Crippen LogP contribution in [-0.2, 0) is 20.0 Å². The van der Waals surface area contributed by atoms with E-state index < -0.39 is 26.0 Å². The van der Waals surface area contributed by atoms with Crippen molar-refractivity contribution in [3.05, 3.63) is 40.8 Å². The van der Waals surface area contributed by atoms with E-state index in [2.05, 4.69) is 10.0 Å². The van der Waals surface area contributed by atoms with Gasteiger partial charge in [0.25, 0.3) is 5.91 Å². The van der Waals surface area contributed by atoms with Gasteiger partial charge in [-0.2, -0.15) is 0 Å². The number of nitrogens with one attached hydrogen (secondary N) is 2. The predicted octanol–water partition coefficient (Wildman–Crippen LogP) is 1.40. The van der Waals surface area contributed by atoms with E-state index >= 15 is 0 Å². The number of thiophene rings is 1. The van der Waals surface area contributed by atoms with Gasteiger partial charge >= 0.3 is 0 Å². The molecular weight excluding hydrogens is 398 g/mol. The van der Waals surface area contributed by atoms with Gasteiger partial charge in [0.15, 0.2) is 0 Å². The van der Waals surface area contributed by atoms with Crippen LogP contribution in [-0.4, -0.2) is 28.8 Å². The van der Waals surface area contributed by atoms with Gasteiger partial charge in [-0.1, -0.05) is 6.07 Å². The van der Waals surface area contributed by atoms with E-state index in [9.17, 15) is 21.6 Å². The molecule has 1 aliphatic rings. The average Bonchev–Trinajstić information content (AvgIpc) is 3.23. The fourth-order valence-electron chi connectivity index (χ4n) is 2.24. The number of sulfonamides is 2. The molecule has 4 N–H and O–H groups in total. The second-order valence-electron chi connectivity index (χ2n) is 6.00. The maximum atomic E-state index is 12.4. The first-order valence-corrected chi connectivity index (χ1v) is 11.5. The number of carbonyl (C=O) groups excluding carboxylic acids is 1. The molecule has 0 saturated heterocycles. The normalized spacial score (nSPS) is 15.0. The monoisotopic (exact) mass is 415 g/mol. The first kappa shape index (κ1) is 19.0. The van der Waals surface area contributed by atoms with E-state index in [4.69, 9.17) is 5.14 Å². The average molecular weight is 416 g/mol. The summed E-state index contributed by atoms with van der Waals surface area (Å²) in [5.41, 5.74) is 0.759. The minimum Gasteiger partial charge on any atom is -0.321 e. The molecule has 0 bridgehead atoms. The van der Waals surface area contributed by atoms with Crippen LogP contribution in [0.1, 0.15) is 28.1 Å². The molecule has 0 aliphatic heterocycles. The number of amides is 1. The van der Waals surface area contributed by atoms with Crippen LogP contribution < -0.4 is 15.2 Å². The Morgan fingerprint density at radius 1 is 1.19 bits per heavy atom. The molecule has 1 aromatic carbocycles. The van der Waals surface area contributed by atoms with Crippen molar-refractivity contribution in [3.63, 3.8) is 0 Å². The zero-order chi connectivity index (χ0) is 19.1. The molecule has 11 heteroatoms. The van der Waals surface area contributed by atoms with Gasteiger partial charge in [-0.3, -0.25) is 4.79 Å². The quantitative estimate of drug-likeness (QED) is 0.655. The molecule has 0 unspecified atom stereocenters. The summed E-state index contributed by atoms with van der Waals surface area (Å²) in [6.07, 6.45) is 1.64. The number of carbonyl (C=O) groups is 1. The lowest BCUT2D eigenvalue weighted by Crippen LogP contribution is -2.25. The van der Waals surface area contributed by atoms with Crippen molar-refractivity contribution in [1.82, 2.24) is 4.72 Å². The largest absolute Gasteiger partial charge is 0.321 e. The topological polar surface area (TPSA) is 135 Å². The maximum absolute atomic E-state index is 12.4. The number of benzene rings is 1. The summed E-state index contributed by atoms with van der Waals surface area (Å²) in [7, 11) is -7.53. The Balaban J connectivity index is 1.82. The molecular formula is C15H17N3O5S3. The van der Waals surface area contributed by atoms with E-state index in [1.54, 1.807) is 13.0 Å². The highest BCUT2D eigenvalue weighted by molar-refractivity contribution is 7.91. The number of aryl methyl sites for hydroxylation is 1. The summed E-state index contributed by atoms with van der Waals surface area (Å²) < 4.78 is 49.8. The van der Waals surface area contributed by atoms with E-state index in [1.165, 1.54) is 24.3 Å². The second kappa shape index (κ2) is 6.74. The molecule has 1 aliphatic carbocycles. The summed E-state index contributed by atoms with van der Waals surface area (Å²) in [6, 6.07) is 7.17. The first-order valence-electron chi connectivity index (χ1n) is 7.63. The van der Waals surface area contributed by atoms with Gasteiger partial charge in [0.1, 0.15) is 4.21 Å². The van der Waals surface area contributed by atoms with Gasteiger partial charge in [0, 0.05) is 11.7 Å². The van der Waals surface area contributed by atoms with Crippen molar-refractivity contribution in [2.45, 2.75) is 34.9 Å². The van der Waals surface area contributed by atoms with Crippen molar-refractivity contribution >= 4 is 43.0 Å². The standard InChI is InChI=1S/C15H17N3O5S3/c1-9-7-13(25(16,20)21)24-14(9)15(19)17-11-3-2-4-12(8-11)26(22,23)18-10-5-6-10/h2-4,7-8,10,18H,5-6H2,1H3,(H,17,19)(H2,16,20,21). The Hall–Kier alpha value is -1.79. The minimum absolute atomic E-state index is 0.0244. The van der Waals surface area contributed by atoms with Crippen molar-refractivity contribution in [2.24, 2.45) is 5.14 Å². The zero-order valence-electron chi connectivity index (χ0n) is 13.7. The van der Waals surface area contributed by atoms with Gasteiger partial charge in [-0.15, -0.1) is 11.3 Å². The fraction of sp³-hybridized carbons (Fsp3) is 0.267. The smallest absolute Gasteiger partial charge is 0.266 e. The number of hydrogen-bond acceptors (Lipinski definition) is 6. The van der Waals surface area contributed by atoms with E-state index in [-0.39, 0.29) is 20.0 Å². The number of nitrogens with two attached hydrogens (primary N) is 1. The highest BCUT2D eigenvalue weighted by Crippen LogP contribution is 2.27. The van der Waals surface area contributed by atoms with Crippen molar-refractivity contribution in [2.75, 3.05) is 5.32 Å². The summed E-state index contributed by atoms with van der Waals surface area (Å²) in [4.78, 5) is 12.7. The summed E-state index contributed by atoms with van der Waals surface area (Å²) in [5.74, 6) is -0.535. The molecule has 1 saturated carbocycles. The van der Waals surface area contributed by atoms with Crippen molar-refractivity contribution in [3.8, 4) is 0 Å². The number of hydrogen-bond donors (Lipinski definition) is 3. The van der Waals surface area contributed by atoms with Crippen molar-refractivity contribution < 1.29 is 21.6 Å². The van der Waals surface area contributed by atoms with E-state index in [0.29, 0.717) is 11.3 Å². The zero-order valence-corrected chi connectivity index (χ0v) is 16.2. The highest BCUT2D eigenvalue weighted by Gasteiger charge is 2.28. The lowest BCUT2D eigenvalue weighted by Gasteiger charge is -2.09. The van der Waals surface area contributed by atoms with Crippen LogP contribution in [0.3, 0.4) is 0 Å². The highest BCUT2D eigenvalue weighted by atomic mass is 32.2. The van der Waals surface area contributed by atoms with E-state index in [1.807, 2.05) is 0 Å². The van der Waals surface area contributed by atoms with Crippen LogP contribution >= 0.6 is 11.3 Å². The third-order valence-corrected chi connectivity index (χ3v) is 7.86. The summed E-state index contributed by atoms with van der Waals surface area (Å²) >= 11 is 0.765. The second-order valence-corrected chi connectivity index (χ2v) is 10.6. The van der Waals surface area contributed by atoms with E-state index in [0.717, 1.165) is 24.2 Å². The molecule has 2 aromatic rings. The first-order chi connectivity index (χ1) is 12.1. The molecule has 1 fully saturated rings. The molecule has 8 nitrogen and oxygen atoms in total. The van der Waals surface area contributed by atoms with Gasteiger partial charge in [-0.05, 0) is 49.6 Å². The van der Waals surface area contributed by atoms with Gasteiger partial charge in [0.05, 0.1) is 9.77 Å². The molecule has 3 rings (SSSR count). The molecule has 0 atom stereocenters. The van der Waals surface area contributed by atoms with Crippen LogP contribution in [0.4, 0.5) is 5.69 Å². The third-order valence-electron chi connectivity index (χ3n) is 3.68. The molecule has 1 amide bonds. The molecule has 26 heavy (non-hydrogen) atoms. The van der Waals surface area contributed by atoms with Crippen LogP contribution in [0.25, 0.3) is 0 Å². The lowest BCUT2D eigenvalue weighted by molar-refractivity contribution is 0.103. The Morgan fingerprint density at radius 2 is 1.88 bits per heavy atom. The molecule has 1 aromatic heterocycles. The van der Waals surface area contributed by atoms with Crippen molar-refractivity contribution in [1.29, 1.82) is 0 Å². The van der Waals surface area contributed by atoms with Crippen LogP contribution in [0, 0.1) is 6.92 Å². The molecule has 140 valence electrons. The fourth-order valence-corrected chi connectivity index (χ4v) is 5.44. The number of primary sulfonamides is 1.